The number of nitrogens with zero attached hydrogens (tertiary/aromatic N) is 1. The number of benzene rings is 1. The number of rotatable bonds is 5. The van der Waals surface area contributed by atoms with Crippen LogP contribution in [-0.2, 0) is 16.0 Å². The third-order valence-electron chi connectivity index (χ3n) is 3.51. The van der Waals surface area contributed by atoms with E-state index in [0.717, 1.165) is 4.88 Å². The van der Waals surface area contributed by atoms with Gasteiger partial charge in [-0.05, 0) is 36.6 Å². The highest BCUT2D eigenvalue weighted by atomic mass is 32.1. The van der Waals surface area contributed by atoms with E-state index in [1.165, 1.54) is 36.5 Å². The number of aryl methyl sites for hydroxylation is 1. The second kappa shape index (κ2) is 7.49. The van der Waals surface area contributed by atoms with Gasteiger partial charge in [0, 0.05) is 12.6 Å². The van der Waals surface area contributed by atoms with Crippen molar-refractivity contribution in [3.63, 3.8) is 0 Å². The van der Waals surface area contributed by atoms with Crippen molar-refractivity contribution in [1.29, 1.82) is 0 Å². The third kappa shape index (κ3) is 4.15. The Balaban J connectivity index is 1.71. The number of amides is 2. The van der Waals surface area contributed by atoms with Crippen molar-refractivity contribution < 1.29 is 18.4 Å². The summed E-state index contributed by atoms with van der Waals surface area (Å²) in [7, 11) is 0. The molecule has 3 rings (SSSR count). The van der Waals surface area contributed by atoms with Crippen molar-refractivity contribution in [3.05, 3.63) is 53.0 Å². The van der Waals surface area contributed by atoms with Crippen LogP contribution in [0.3, 0.4) is 0 Å². The van der Waals surface area contributed by atoms with E-state index in [1.54, 1.807) is 6.92 Å². The van der Waals surface area contributed by atoms with Gasteiger partial charge in [0.05, 0.1) is 22.7 Å². The first kappa shape index (κ1) is 17.8. The van der Waals surface area contributed by atoms with Gasteiger partial charge < -0.3 is 15.1 Å². The topological polar surface area (TPSA) is 84.2 Å². The molecule has 0 bridgehead atoms. The van der Waals surface area contributed by atoms with Gasteiger partial charge in [-0.3, -0.25) is 9.59 Å². The molecule has 134 valence electrons. The Kier molecular flexibility index (Phi) is 5.13. The lowest BCUT2D eigenvalue weighted by molar-refractivity contribution is -0.116. The van der Waals surface area contributed by atoms with E-state index < -0.39 is 11.7 Å². The van der Waals surface area contributed by atoms with Crippen molar-refractivity contribution >= 4 is 34.5 Å². The van der Waals surface area contributed by atoms with Crippen LogP contribution in [0.5, 0.6) is 0 Å². The zero-order valence-electron chi connectivity index (χ0n) is 14.1. The molecule has 0 saturated heterocycles. The molecule has 1 aromatic carbocycles. The van der Waals surface area contributed by atoms with Crippen molar-refractivity contribution in [2.24, 2.45) is 0 Å². The van der Waals surface area contributed by atoms with Crippen LogP contribution in [0, 0.1) is 12.7 Å². The fourth-order valence-electron chi connectivity index (χ4n) is 2.34. The Hall–Kier alpha value is -3.00. The highest BCUT2D eigenvalue weighted by Gasteiger charge is 2.16. The lowest BCUT2D eigenvalue weighted by Crippen LogP contribution is -2.16. The Morgan fingerprint density at radius 1 is 1.27 bits per heavy atom. The first-order valence-corrected chi connectivity index (χ1v) is 8.67. The summed E-state index contributed by atoms with van der Waals surface area (Å²) in [4.78, 5) is 28.6. The Bertz CT molecular complexity index is 951. The molecule has 0 aliphatic heterocycles. The number of hydrogen-bond acceptors (Lipinski definition) is 5. The number of carbonyl (C=O) groups excluding carboxylic acids is 2. The van der Waals surface area contributed by atoms with Crippen LogP contribution < -0.4 is 10.6 Å². The molecule has 2 N–H and O–H groups in total. The van der Waals surface area contributed by atoms with E-state index in [2.05, 4.69) is 15.6 Å². The van der Waals surface area contributed by atoms with Gasteiger partial charge >= 0.3 is 0 Å². The van der Waals surface area contributed by atoms with Gasteiger partial charge in [0.2, 0.25) is 17.7 Å². The lowest BCUT2D eigenvalue weighted by Gasteiger charge is -2.08. The van der Waals surface area contributed by atoms with Crippen LogP contribution in [0.25, 0.3) is 10.8 Å². The molecule has 0 saturated carbocycles. The maximum Gasteiger partial charge on any atom is 0.236 e. The summed E-state index contributed by atoms with van der Waals surface area (Å²) in [6.45, 7) is 3.03. The molecule has 3 aromatic rings. The normalized spacial score (nSPS) is 10.6. The molecular weight excluding hydrogens is 357 g/mol. The molecule has 0 spiro atoms. The summed E-state index contributed by atoms with van der Waals surface area (Å²) >= 11 is 1.50. The van der Waals surface area contributed by atoms with E-state index in [4.69, 9.17) is 4.42 Å². The van der Waals surface area contributed by atoms with E-state index in [0.29, 0.717) is 23.0 Å². The quantitative estimate of drug-likeness (QED) is 0.708. The first-order valence-electron chi connectivity index (χ1n) is 7.79. The predicted molar refractivity (Wildman–Crippen MR) is 97.6 cm³/mol. The van der Waals surface area contributed by atoms with Crippen LogP contribution in [0.4, 0.5) is 15.8 Å². The SMILES string of the molecule is CC(=O)Nc1cc(NC(=O)Cc2nc(-c3cccs3)oc2C)ccc1F. The number of oxazole rings is 1. The molecule has 0 fully saturated rings. The highest BCUT2D eigenvalue weighted by molar-refractivity contribution is 7.13. The average molecular weight is 373 g/mol. The van der Waals surface area contributed by atoms with Crippen LogP contribution in [0.15, 0.2) is 40.1 Å². The summed E-state index contributed by atoms with van der Waals surface area (Å²) in [6, 6.07) is 7.75. The molecule has 2 amide bonds. The van der Waals surface area contributed by atoms with Gasteiger partial charge in [-0.2, -0.15) is 0 Å². The monoisotopic (exact) mass is 373 g/mol. The van der Waals surface area contributed by atoms with E-state index in [-0.39, 0.29) is 18.0 Å². The Morgan fingerprint density at radius 2 is 2.08 bits per heavy atom. The van der Waals surface area contributed by atoms with E-state index in [1.807, 2.05) is 17.5 Å². The van der Waals surface area contributed by atoms with E-state index in [9.17, 15) is 14.0 Å². The average Bonchev–Trinajstić information content (AvgIpc) is 3.21. The molecule has 26 heavy (non-hydrogen) atoms. The number of thiophene rings is 1. The number of hydrogen-bond donors (Lipinski definition) is 2. The first-order chi connectivity index (χ1) is 12.4. The summed E-state index contributed by atoms with van der Waals surface area (Å²) < 4.78 is 19.3. The van der Waals surface area contributed by atoms with Gasteiger partial charge in [0.1, 0.15) is 11.6 Å². The minimum Gasteiger partial charge on any atom is -0.440 e. The number of halogens is 1. The third-order valence-corrected chi connectivity index (χ3v) is 4.37. The minimum absolute atomic E-state index is 0.00731. The molecule has 6 nitrogen and oxygen atoms in total. The number of carbonyl (C=O) groups is 2. The molecule has 2 aromatic heterocycles. The van der Waals surface area contributed by atoms with Gasteiger partial charge in [0.15, 0.2) is 0 Å². The maximum atomic E-state index is 13.7. The van der Waals surface area contributed by atoms with Crippen LogP contribution in [0.1, 0.15) is 18.4 Å². The zero-order valence-corrected chi connectivity index (χ0v) is 14.9. The molecule has 2 heterocycles. The number of anilines is 2. The van der Waals surface area contributed by atoms with Gasteiger partial charge in [-0.1, -0.05) is 6.07 Å². The number of aromatic nitrogens is 1. The van der Waals surface area contributed by atoms with Crippen molar-refractivity contribution in [1.82, 2.24) is 4.98 Å². The highest BCUT2D eigenvalue weighted by Crippen LogP contribution is 2.26. The predicted octanol–water partition coefficient (Wildman–Crippen LogP) is 3.99. The summed E-state index contributed by atoms with van der Waals surface area (Å²) in [5.41, 5.74) is 0.919. The maximum absolute atomic E-state index is 13.7. The Morgan fingerprint density at radius 3 is 2.77 bits per heavy atom. The minimum atomic E-state index is -0.578. The second-order valence-electron chi connectivity index (χ2n) is 5.60. The molecule has 0 aliphatic carbocycles. The molecular formula is C18H16FN3O3S. The van der Waals surface area contributed by atoms with E-state index >= 15 is 0 Å². The zero-order chi connectivity index (χ0) is 18.7. The molecule has 0 radical (unpaired) electrons. The fourth-order valence-corrected chi connectivity index (χ4v) is 2.99. The molecule has 8 heteroatoms. The smallest absolute Gasteiger partial charge is 0.236 e. The molecule has 0 unspecified atom stereocenters. The molecule has 0 aliphatic rings. The van der Waals surface area contributed by atoms with Crippen LogP contribution in [0.2, 0.25) is 0 Å². The summed E-state index contributed by atoms with van der Waals surface area (Å²) in [5.74, 6) is -0.242. The van der Waals surface area contributed by atoms with Gasteiger partial charge in [0.25, 0.3) is 0 Å². The van der Waals surface area contributed by atoms with Crippen molar-refractivity contribution in [2.45, 2.75) is 20.3 Å². The standard InChI is InChI=1S/C18H16FN3O3S/c1-10-14(22-18(25-10)16-4-3-7-26-16)9-17(24)21-12-5-6-13(19)15(8-12)20-11(2)23/h3-8H,9H2,1-2H3,(H,20,23)(H,21,24). The van der Waals surface area contributed by atoms with Crippen molar-refractivity contribution in [3.8, 4) is 10.8 Å². The van der Waals surface area contributed by atoms with Crippen LogP contribution in [-0.4, -0.2) is 16.8 Å². The lowest BCUT2D eigenvalue weighted by atomic mass is 10.2. The Labute approximate surface area is 153 Å². The second-order valence-corrected chi connectivity index (χ2v) is 6.55. The summed E-state index contributed by atoms with van der Waals surface area (Å²) in [6.07, 6.45) is 0.0214. The number of nitrogens with one attached hydrogen (secondary N) is 2. The molecule has 0 atom stereocenters. The fraction of sp³-hybridized carbons (Fsp3) is 0.167. The van der Waals surface area contributed by atoms with Gasteiger partial charge in [-0.25, -0.2) is 9.37 Å². The van der Waals surface area contributed by atoms with Crippen molar-refractivity contribution in [2.75, 3.05) is 10.6 Å². The summed E-state index contributed by atoms with van der Waals surface area (Å²) in [5, 5.41) is 6.96. The largest absolute Gasteiger partial charge is 0.440 e. The van der Waals surface area contributed by atoms with Crippen LogP contribution >= 0.6 is 11.3 Å². The van der Waals surface area contributed by atoms with Gasteiger partial charge in [-0.15, -0.1) is 11.3 Å².